The molecule has 0 bridgehead atoms. The normalized spacial score (nSPS) is 14.3. The van der Waals surface area contributed by atoms with Crippen LogP contribution in [0.3, 0.4) is 0 Å². The summed E-state index contributed by atoms with van der Waals surface area (Å²) in [6.45, 7) is 4.29. The second-order valence-electron chi connectivity index (χ2n) is 4.29. The summed E-state index contributed by atoms with van der Waals surface area (Å²) in [7, 11) is 0. The van der Waals surface area contributed by atoms with Gasteiger partial charge in [0.05, 0.1) is 12.5 Å². The van der Waals surface area contributed by atoms with Gasteiger partial charge in [-0.15, -0.1) is 0 Å². The Morgan fingerprint density at radius 1 is 1.35 bits per heavy atom. The van der Waals surface area contributed by atoms with Gasteiger partial charge in [0.15, 0.2) is 0 Å². The van der Waals surface area contributed by atoms with Crippen molar-refractivity contribution < 1.29 is 15.0 Å². The standard InChI is InChI=1S/C13H19NO3/c1-9-3-5-11(6-4-9)10(2)14-8-12(15)7-13(16)17/h3-6,10,12,14-15H,7-8H2,1-2H3,(H,16,17)/t10-,12?/m1/s1. The van der Waals surface area contributed by atoms with E-state index in [-0.39, 0.29) is 19.0 Å². The lowest BCUT2D eigenvalue weighted by molar-refractivity contribution is -0.139. The predicted molar refractivity (Wildman–Crippen MR) is 65.9 cm³/mol. The summed E-state index contributed by atoms with van der Waals surface area (Å²) < 4.78 is 0. The van der Waals surface area contributed by atoms with Gasteiger partial charge in [-0.1, -0.05) is 29.8 Å². The summed E-state index contributed by atoms with van der Waals surface area (Å²) >= 11 is 0. The topological polar surface area (TPSA) is 69.6 Å². The molecular weight excluding hydrogens is 218 g/mol. The van der Waals surface area contributed by atoms with Gasteiger partial charge < -0.3 is 15.5 Å². The molecule has 0 heterocycles. The van der Waals surface area contributed by atoms with Gasteiger partial charge in [0, 0.05) is 12.6 Å². The van der Waals surface area contributed by atoms with Crippen molar-refractivity contribution in [2.24, 2.45) is 0 Å². The van der Waals surface area contributed by atoms with Crippen LogP contribution in [-0.4, -0.2) is 28.8 Å². The number of aliphatic hydroxyl groups excluding tert-OH is 1. The van der Waals surface area contributed by atoms with Crippen LogP contribution in [0.1, 0.15) is 30.5 Å². The fourth-order valence-corrected chi connectivity index (χ4v) is 1.56. The van der Waals surface area contributed by atoms with E-state index in [0.717, 1.165) is 5.56 Å². The molecular formula is C13H19NO3. The molecule has 94 valence electrons. The monoisotopic (exact) mass is 237 g/mol. The Hall–Kier alpha value is -1.39. The highest BCUT2D eigenvalue weighted by Crippen LogP contribution is 2.12. The number of carboxylic acids is 1. The molecule has 4 heteroatoms. The number of hydrogen-bond donors (Lipinski definition) is 3. The highest BCUT2D eigenvalue weighted by molar-refractivity contribution is 5.67. The summed E-state index contributed by atoms with van der Waals surface area (Å²) in [5.74, 6) is -0.984. The average molecular weight is 237 g/mol. The van der Waals surface area contributed by atoms with Crippen molar-refractivity contribution in [3.63, 3.8) is 0 Å². The van der Waals surface area contributed by atoms with Crippen LogP contribution < -0.4 is 5.32 Å². The lowest BCUT2D eigenvalue weighted by Gasteiger charge is -2.16. The summed E-state index contributed by atoms with van der Waals surface area (Å²) in [6.07, 6.45) is -1.08. The van der Waals surface area contributed by atoms with E-state index in [1.807, 2.05) is 38.1 Å². The SMILES string of the molecule is Cc1ccc([C@@H](C)NCC(O)CC(=O)O)cc1. The average Bonchev–Trinajstić information content (AvgIpc) is 2.26. The number of aliphatic hydroxyl groups is 1. The fraction of sp³-hybridized carbons (Fsp3) is 0.462. The van der Waals surface area contributed by atoms with Crippen LogP contribution in [0.5, 0.6) is 0 Å². The maximum atomic E-state index is 10.4. The Bertz CT molecular complexity index is 361. The molecule has 0 aliphatic rings. The first-order valence-corrected chi connectivity index (χ1v) is 5.69. The van der Waals surface area contributed by atoms with E-state index in [4.69, 9.17) is 5.11 Å². The van der Waals surface area contributed by atoms with Gasteiger partial charge in [0.1, 0.15) is 0 Å². The first-order chi connectivity index (χ1) is 7.99. The highest BCUT2D eigenvalue weighted by atomic mass is 16.4. The van der Waals surface area contributed by atoms with E-state index < -0.39 is 12.1 Å². The summed E-state index contributed by atoms with van der Waals surface area (Å²) in [6, 6.07) is 8.20. The smallest absolute Gasteiger partial charge is 0.306 e. The maximum Gasteiger partial charge on any atom is 0.306 e. The quantitative estimate of drug-likeness (QED) is 0.701. The molecule has 1 aromatic carbocycles. The summed E-state index contributed by atoms with van der Waals surface area (Å²) in [5, 5.41) is 21.0. The zero-order valence-electron chi connectivity index (χ0n) is 10.2. The molecule has 4 nitrogen and oxygen atoms in total. The number of hydrogen-bond acceptors (Lipinski definition) is 3. The van der Waals surface area contributed by atoms with Crippen LogP contribution >= 0.6 is 0 Å². The van der Waals surface area contributed by atoms with E-state index in [0.29, 0.717) is 0 Å². The Kier molecular flexibility index (Phi) is 5.12. The van der Waals surface area contributed by atoms with Crippen LogP contribution in [0.2, 0.25) is 0 Å². The second kappa shape index (κ2) is 6.37. The van der Waals surface area contributed by atoms with Gasteiger partial charge in [-0.05, 0) is 19.4 Å². The number of carboxylic acid groups (broad SMARTS) is 1. The Morgan fingerprint density at radius 2 is 1.94 bits per heavy atom. The number of rotatable bonds is 6. The highest BCUT2D eigenvalue weighted by Gasteiger charge is 2.11. The molecule has 0 aliphatic carbocycles. The van der Waals surface area contributed by atoms with E-state index in [1.54, 1.807) is 0 Å². The Morgan fingerprint density at radius 3 is 2.47 bits per heavy atom. The van der Waals surface area contributed by atoms with Gasteiger partial charge in [-0.3, -0.25) is 4.79 Å². The van der Waals surface area contributed by atoms with Crippen LogP contribution in [0.25, 0.3) is 0 Å². The molecule has 3 N–H and O–H groups in total. The molecule has 0 radical (unpaired) electrons. The molecule has 0 fully saturated rings. The molecule has 0 saturated carbocycles. The molecule has 1 aromatic rings. The number of aryl methyl sites for hydroxylation is 1. The summed E-state index contributed by atoms with van der Waals surface area (Å²) in [4.78, 5) is 10.4. The molecule has 0 spiro atoms. The van der Waals surface area contributed by atoms with Crippen molar-refractivity contribution >= 4 is 5.97 Å². The Balaban J connectivity index is 2.41. The molecule has 2 atom stereocenters. The zero-order chi connectivity index (χ0) is 12.8. The van der Waals surface area contributed by atoms with Gasteiger partial charge in [0.25, 0.3) is 0 Å². The lowest BCUT2D eigenvalue weighted by Crippen LogP contribution is -2.30. The molecule has 0 amide bonds. The van der Waals surface area contributed by atoms with E-state index in [1.165, 1.54) is 5.56 Å². The van der Waals surface area contributed by atoms with Crippen molar-refractivity contribution in [3.8, 4) is 0 Å². The van der Waals surface area contributed by atoms with E-state index >= 15 is 0 Å². The van der Waals surface area contributed by atoms with Crippen molar-refractivity contribution in [2.75, 3.05) is 6.54 Å². The molecule has 17 heavy (non-hydrogen) atoms. The van der Waals surface area contributed by atoms with Gasteiger partial charge in [-0.25, -0.2) is 0 Å². The van der Waals surface area contributed by atoms with Gasteiger partial charge in [-0.2, -0.15) is 0 Å². The third-order valence-electron chi connectivity index (χ3n) is 2.65. The zero-order valence-corrected chi connectivity index (χ0v) is 10.2. The largest absolute Gasteiger partial charge is 0.481 e. The van der Waals surface area contributed by atoms with Crippen molar-refractivity contribution in [2.45, 2.75) is 32.4 Å². The molecule has 0 saturated heterocycles. The second-order valence-corrected chi connectivity index (χ2v) is 4.29. The number of carbonyl (C=O) groups is 1. The van der Waals surface area contributed by atoms with Gasteiger partial charge >= 0.3 is 5.97 Å². The first kappa shape index (κ1) is 13.7. The predicted octanol–water partition coefficient (Wildman–Crippen LogP) is 1.48. The fourth-order valence-electron chi connectivity index (χ4n) is 1.56. The first-order valence-electron chi connectivity index (χ1n) is 5.69. The molecule has 0 aliphatic heterocycles. The van der Waals surface area contributed by atoms with E-state index in [2.05, 4.69) is 5.32 Å². The van der Waals surface area contributed by atoms with Crippen LogP contribution in [0.4, 0.5) is 0 Å². The van der Waals surface area contributed by atoms with Crippen LogP contribution in [0, 0.1) is 6.92 Å². The van der Waals surface area contributed by atoms with Crippen LogP contribution in [-0.2, 0) is 4.79 Å². The minimum atomic E-state index is -0.984. The van der Waals surface area contributed by atoms with E-state index in [9.17, 15) is 9.90 Å². The Labute approximate surface area is 101 Å². The third-order valence-corrected chi connectivity index (χ3v) is 2.65. The third kappa shape index (κ3) is 4.97. The van der Waals surface area contributed by atoms with Crippen molar-refractivity contribution in [1.82, 2.24) is 5.32 Å². The molecule has 1 rings (SSSR count). The van der Waals surface area contributed by atoms with Gasteiger partial charge in [0.2, 0.25) is 0 Å². The van der Waals surface area contributed by atoms with Crippen molar-refractivity contribution in [3.05, 3.63) is 35.4 Å². The number of benzene rings is 1. The van der Waals surface area contributed by atoms with Crippen LogP contribution in [0.15, 0.2) is 24.3 Å². The molecule has 0 aromatic heterocycles. The maximum absolute atomic E-state index is 10.4. The van der Waals surface area contributed by atoms with Crippen molar-refractivity contribution in [1.29, 1.82) is 0 Å². The summed E-state index contributed by atoms with van der Waals surface area (Å²) in [5.41, 5.74) is 2.32. The number of aliphatic carboxylic acids is 1. The molecule has 1 unspecified atom stereocenters. The number of nitrogens with one attached hydrogen (secondary N) is 1. The minimum Gasteiger partial charge on any atom is -0.481 e. The minimum absolute atomic E-state index is 0.0963. The lowest BCUT2D eigenvalue weighted by atomic mass is 10.1.